The van der Waals surface area contributed by atoms with Gasteiger partial charge in [0.15, 0.2) is 17.2 Å². The first-order valence-corrected chi connectivity index (χ1v) is 10.4. The van der Waals surface area contributed by atoms with E-state index in [0.29, 0.717) is 22.6 Å². The smallest absolute Gasteiger partial charge is 0.180 e. The lowest BCUT2D eigenvalue weighted by Crippen LogP contribution is -2.49. The zero-order valence-corrected chi connectivity index (χ0v) is 17.9. The molecule has 5 rings (SSSR count). The van der Waals surface area contributed by atoms with E-state index < -0.39 is 0 Å². The van der Waals surface area contributed by atoms with Gasteiger partial charge in [-0.1, -0.05) is 11.6 Å². The minimum absolute atomic E-state index is 0.448. The molecule has 1 aliphatic heterocycles. The molecule has 3 N–H and O–H groups in total. The number of methoxy groups -OCH3 is 1. The topological polar surface area (TPSA) is 82.5 Å². The van der Waals surface area contributed by atoms with Gasteiger partial charge in [0, 0.05) is 49.8 Å². The van der Waals surface area contributed by atoms with Crippen LogP contribution in [0, 0.1) is 6.92 Å². The fraction of sp³-hybridized carbons (Fsp3) is 0.333. The van der Waals surface area contributed by atoms with Gasteiger partial charge in [0.2, 0.25) is 0 Å². The average molecular weight is 426 g/mol. The van der Waals surface area contributed by atoms with E-state index >= 15 is 0 Å². The van der Waals surface area contributed by atoms with E-state index in [1.807, 2.05) is 35.9 Å². The third kappa shape index (κ3) is 3.32. The molecule has 0 amide bonds. The summed E-state index contributed by atoms with van der Waals surface area (Å²) < 4.78 is 7.46. The number of nitrogens with one attached hydrogen (secondary N) is 3. The van der Waals surface area contributed by atoms with E-state index in [-0.39, 0.29) is 0 Å². The Morgan fingerprint density at radius 2 is 2.13 bits per heavy atom. The molecule has 1 fully saturated rings. The molecule has 3 aromatic heterocycles. The van der Waals surface area contributed by atoms with Crippen LogP contribution >= 0.6 is 11.6 Å². The minimum Gasteiger partial charge on any atom is -0.493 e. The number of rotatable bonds is 4. The molecule has 0 radical (unpaired) electrons. The molecule has 4 heterocycles. The van der Waals surface area contributed by atoms with Crippen LogP contribution < -0.4 is 20.3 Å². The van der Waals surface area contributed by atoms with Crippen molar-refractivity contribution >= 4 is 45.3 Å². The lowest BCUT2D eigenvalue weighted by atomic mass is 10.1. The van der Waals surface area contributed by atoms with E-state index in [2.05, 4.69) is 43.7 Å². The van der Waals surface area contributed by atoms with Gasteiger partial charge >= 0.3 is 0 Å². The molecule has 4 aromatic rings. The lowest BCUT2D eigenvalue weighted by molar-refractivity contribution is 0.417. The summed E-state index contributed by atoms with van der Waals surface area (Å²) in [6.45, 7) is 7.01. The van der Waals surface area contributed by atoms with Crippen molar-refractivity contribution in [3.05, 3.63) is 41.3 Å². The summed E-state index contributed by atoms with van der Waals surface area (Å²) in [4.78, 5) is 6.85. The molecule has 1 aliphatic rings. The number of aromatic amines is 1. The highest BCUT2D eigenvalue weighted by molar-refractivity contribution is 6.36. The maximum atomic E-state index is 6.71. The average Bonchev–Trinajstić information content (AvgIpc) is 3.30. The summed E-state index contributed by atoms with van der Waals surface area (Å²) in [7, 11) is 1.64. The summed E-state index contributed by atoms with van der Waals surface area (Å²) >= 11 is 6.71. The molecule has 1 aromatic carbocycles. The largest absolute Gasteiger partial charge is 0.493 e. The zero-order valence-electron chi connectivity index (χ0n) is 17.2. The maximum absolute atomic E-state index is 6.71. The number of imidazole rings is 1. The molecule has 0 spiro atoms. The van der Waals surface area contributed by atoms with Gasteiger partial charge in [-0.25, -0.2) is 4.98 Å². The second-order valence-corrected chi connectivity index (χ2v) is 8.17. The van der Waals surface area contributed by atoms with Gasteiger partial charge < -0.3 is 24.7 Å². The van der Waals surface area contributed by atoms with Crippen LogP contribution in [0.15, 0.2) is 30.6 Å². The Morgan fingerprint density at radius 1 is 1.27 bits per heavy atom. The second-order valence-electron chi connectivity index (χ2n) is 7.76. The summed E-state index contributed by atoms with van der Waals surface area (Å²) in [5.41, 5.74) is 4.54. The number of fused-ring (bicyclic) bond motifs is 2. The fourth-order valence-corrected chi connectivity index (χ4v) is 4.38. The van der Waals surface area contributed by atoms with Gasteiger partial charge in [0.25, 0.3) is 0 Å². The number of pyridine rings is 1. The highest BCUT2D eigenvalue weighted by Crippen LogP contribution is 2.35. The first kappa shape index (κ1) is 19.0. The van der Waals surface area contributed by atoms with Gasteiger partial charge in [-0.2, -0.15) is 5.10 Å². The number of aromatic nitrogens is 4. The van der Waals surface area contributed by atoms with Gasteiger partial charge in [0.1, 0.15) is 0 Å². The molecule has 1 atom stereocenters. The van der Waals surface area contributed by atoms with Crippen molar-refractivity contribution < 1.29 is 4.74 Å². The summed E-state index contributed by atoms with van der Waals surface area (Å²) in [6.07, 6.45) is 3.92. The lowest BCUT2D eigenvalue weighted by Gasteiger charge is -2.33. The quantitative estimate of drug-likeness (QED) is 0.462. The van der Waals surface area contributed by atoms with Crippen molar-refractivity contribution in [2.24, 2.45) is 0 Å². The second kappa shape index (κ2) is 7.37. The van der Waals surface area contributed by atoms with Crippen molar-refractivity contribution in [3.63, 3.8) is 0 Å². The predicted octanol–water partition coefficient (Wildman–Crippen LogP) is 3.72. The van der Waals surface area contributed by atoms with Crippen LogP contribution in [-0.2, 0) is 0 Å². The van der Waals surface area contributed by atoms with Crippen LogP contribution in [0.2, 0.25) is 5.02 Å². The van der Waals surface area contributed by atoms with Crippen LogP contribution in [0.1, 0.15) is 12.6 Å². The van der Waals surface area contributed by atoms with Crippen LogP contribution in [0.4, 0.5) is 17.2 Å². The van der Waals surface area contributed by atoms with Crippen LogP contribution in [0.25, 0.3) is 16.6 Å². The van der Waals surface area contributed by atoms with Crippen molar-refractivity contribution in [1.82, 2.24) is 24.9 Å². The zero-order chi connectivity index (χ0) is 20.8. The Labute approximate surface area is 179 Å². The molecule has 9 heteroatoms. The van der Waals surface area contributed by atoms with Crippen molar-refractivity contribution in [3.8, 4) is 5.75 Å². The highest BCUT2D eigenvalue weighted by atomic mass is 35.5. The van der Waals surface area contributed by atoms with Gasteiger partial charge in [-0.05, 0) is 26.0 Å². The molecule has 1 unspecified atom stereocenters. The summed E-state index contributed by atoms with van der Waals surface area (Å²) in [5.74, 6) is 1.36. The van der Waals surface area contributed by atoms with E-state index in [4.69, 9.17) is 16.3 Å². The van der Waals surface area contributed by atoms with Crippen LogP contribution in [0.3, 0.4) is 0 Å². The van der Waals surface area contributed by atoms with Gasteiger partial charge in [-0.3, -0.25) is 5.10 Å². The van der Waals surface area contributed by atoms with E-state index in [0.717, 1.165) is 53.3 Å². The third-order valence-electron chi connectivity index (χ3n) is 5.45. The Kier molecular flexibility index (Phi) is 4.67. The Bertz CT molecular complexity index is 1230. The maximum Gasteiger partial charge on any atom is 0.180 e. The Hall–Kier alpha value is -2.97. The number of benzene rings is 1. The number of H-pyrrole nitrogens is 1. The number of aryl methyl sites for hydroxylation is 1. The third-order valence-corrected chi connectivity index (χ3v) is 5.75. The van der Waals surface area contributed by atoms with Crippen molar-refractivity contribution in [2.45, 2.75) is 19.9 Å². The summed E-state index contributed by atoms with van der Waals surface area (Å²) in [5, 5.41) is 16.0. The summed E-state index contributed by atoms with van der Waals surface area (Å²) in [6, 6.07) is 6.49. The Balaban J connectivity index is 1.50. The van der Waals surface area contributed by atoms with Crippen molar-refractivity contribution in [1.29, 1.82) is 0 Å². The number of hydrogen-bond donors (Lipinski definition) is 3. The monoisotopic (exact) mass is 425 g/mol. The molecular weight excluding hydrogens is 402 g/mol. The first-order chi connectivity index (χ1) is 14.5. The van der Waals surface area contributed by atoms with Gasteiger partial charge in [0.05, 0.1) is 34.4 Å². The van der Waals surface area contributed by atoms with Crippen LogP contribution in [-0.4, -0.2) is 52.4 Å². The number of anilines is 3. The van der Waals surface area contributed by atoms with E-state index in [9.17, 15) is 0 Å². The number of hydrogen-bond acceptors (Lipinski definition) is 6. The molecule has 30 heavy (non-hydrogen) atoms. The van der Waals surface area contributed by atoms with Crippen molar-refractivity contribution in [2.75, 3.05) is 37.0 Å². The standard InChI is InChI=1S/C21H24ClN7O/c1-12-9-28(5-4-23-12)15-7-16(22)19-17(8-15)26-27-20(19)25-14-6-18(30-3)21-24-13(2)10-29(21)11-14/h6-8,10-12,23H,4-5,9H2,1-3H3,(H2,25,26,27). The normalized spacial score (nSPS) is 17.1. The number of nitrogens with zero attached hydrogens (tertiary/aromatic N) is 4. The molecule has 1 saturated heterocycles. The minimum atomic E-state index is 0.448. The van der Waals surface area contributed by atoms with Gasteiger partial charge in [-0.15, -0.1) is 0 Å². The number of ether oxygens (including phenoxy) is 1. The molecule has 0 saturated carbocycles. The van der Waals surface area contributed by atoms with Crippen LogP contribution in [0.5, 0.6) is 5.75 Å². The SMILES string of the molecule is COc1cc(Nc2n[nH]c3cc(N4CCNC(C)C4)cc(Cl)c23)cn2cc(C)nc12. The molecule has 0 bridgehead atoms. The molecular formula is C21H24ClN7O. The van der Waals surface area contributed by atoms with E-state index in [1.54, 1.807) is 7.11 Å². The van der Waals surface area contributed by atoms with E-state index in [1.165, 1.54) is 0 Å². The molecule has 156 valence electrons. The first-order valence-electron chi connectivity index (χ1n) is 9.98. The molecule has 8 nitrogen and oxygen atoms in total. The highest BCUT2D eigenvalue weighted by Gasteiger charge is 2.19. The Morgan fingerprint density at radius 3 is 2.93 bits per heavy atom. The number of halogens is 1. The fourth-order valence-electron chi connectivity index (χ4n) is 4.08. The molecule has 0 aliphatic carbocycles. The predicted molar refractivity (Wildman–Crippen MR) is 121 cm³/mol. The number of piperazine rings is 1.